The monoisotopic (exact) mass is 328 g/mol. The van der Waals surface area contributed by atoms with Crippen LogP contribution in [0.4, 0.5) is 5.13 Å². The highest BCUT2D eigenvalue weighted by molar-refractivity contribution is 7.99. The molecule has 21 heavy (non-hydrogen) atoms. The molecule has 1 saturated heterocycles. The molecule has 1 aromatic heterocycles. The fourth-order valence-electron chi connectivity index (χ4n) is 2.24. The molecule has 6 heteroatoms. The summed E-state index contributed by atoms with van der Waals surface area (Å²) in [5.74, 6) is 3.07. The van der Waals surface area contributed by atoms with E-state index in [-0.39, 0.29) is 5.97 Å². The van der Waals surface area contributed by atoms with Crippen LogP contribution in [0, 0.1) is 5.92 Å². The van der Waals surface area contributed by atoms with Crippen molar-refractivity contribution in [3.63, 3.8) is 0 Å². The van der Waals surface area contributed by atoms with E-state index in [4.69, 9.17) is 4.74 Å². The average molecular weight is 329 g/mol. The Morgan fingerprint density at radius 3 is 2.86 bits per heavy atom. The first-order valence-electron chi connectivity index (χ1n) is 7.49. The number of hydrogen-bond donors (Lipinski definition) is 1. The minimum absolute atomic E-state index is 0.217. The molecular weight excluding hydrogens is 304 g/mol. The third-order valence-corrected chi connectivity index (χ3v) is 5.66. The van der Waals surface area contributed by atoms with Gasteiger partial charge in [-0.05, 0) is 51.0 Å². The molecule has 1 N–H and O–H groups in total. The molecule has 2 heterocycles. The van der Waals surface area contributed by atoms with Crippen LogP contribution in [0.5, 0.6) is 0 Å². The van der Waals surface area contributed by atoms with Crippen molar-refractivity contribution in [3.8, 4) is 0 Å². The molecule has 0 amide bonds. The van der Waals surface area contributed by atoms with Crippen LogP contribution in [-0.4, -0.2) is 35.6 Å². The van der Waals surface area contributed by atoms with Crippen molar-refractivity contribution in [1.29, 1.82) is 0 Å². The number of aromatic nitrogens is 1. The Morgan fingerprint density at radius 1 is 1.48 bits per heavy atom. The summed E-state index contributed by atoms with van der Waals surface area (Å²) < 4.78 is 5.13. The van der Waals surface area contributed by atoms with Gasteiger partial charge in [0.05, 0.1) is 12.3 Å². The van der Waals surface area contributed by atoms with Crippen molar-refractivity contribution < 1.29 is 9.53 Å². The van der Waals surface area contributed by atoms with Gasteiger partial charge in [0.1, 0.15) is 5.41 Å². The maximum absolute atomic E-state index is 12.0. The molecule has 1 aliphatic heterocycles. The van der Waals surface area contributed by atoms with Gasteiger partial charge >= 0.3 is 5.97 Å². The van der Waals surface area contributed by atoms with Gasteiger partial charge in [-0.1, -0.05) is 0 Å². The Hall–Kier alpha value is -0.750. The number of thiazole rings is 1. The third kappa shape index (κ3) is 4.36. The number of ether oxygens (including phenoxy) is 1. The molecule has 0 radical (unpaired) electrons. The van der Waals surface area contributed by atoms with Gasteiger partial charge in [-0.3, -0.25) is 4.79 Å². The molecule has 118 valence electrons. The Bertz CT molecular complexity index is 468. The molecule has 0 atom stereocenters. The summed E-state index contributed by atoms with van der Waals surface area (Å²) in [7, 11) is 0. The van der Waals surface area contributed by atoms with Gasteiger partial charge in [0, 0.05) is 11.9 Å². The van der Waals surface area contributed by atoms with E-state index < -0.39 is 5.41 Å². The first-order chi connectivity index (χ1) is 10.0. The standard InChI is InChI=1S/C15H24N2O2S2/c1-4-19-13(18)15(2,3)12-10-21-14(17-12)16-9-11-5-7-20-8-6-11/h10-11H,4-9H2,1-3H3,(H,16,17). The second-order valence-corrected chi connectivity index (χ2v) is 7.90. The van der Waals surface area contributed by atoms with Crippen LogP contribution in [-0.2, 0) is 14.9 Å². The first-order valence-corrected chi connectivity index (χ1v) is 9.52. The van der Waals surface area contributed by atoms with Crippen molar-refractivity contribution in [2.45, 2.75) is 39.0 Å². The highest BCUT2D eigenvalue weighted by atomic mass is 32.2. The molecule has 0 bridgehead atoms. The van der Waals surface area contributed by atoms with Crippen LogP contribution < -0.4 is 5.32 Å². The van der Waals surface area contributed by atoms with Gasteiger partial charge in [0.25, 0.3) is 0 Å². The number of carbonyl (C=O) groups excluding carboxylic acids is 1. The molecule has 0 unspecified atom stereocenters. The van der Waals surface area contributed by atoms with E-state index in [2.05, 4.69) is 10.3 Å². The lowest BCUT2D eigenvalue weighted by Gasteiger charge is -2.21. The van der Waals surface area contributed by atoms with E-state index in [1.807, 2.05) is 37.9 Å². The molecule has 0 aliphatic carbocycles. The van der Waals surface area contributed by atoms with Gasteiger partial charge in [-0.15, -0.1) is 11.3 Å². The summed E-state index contributed by atoms with van der Waals surface area (Å²) in [5, 5.41) is 6.28. The summed E-state index contributed by atoms with van der Waals surface area (Å²) in [5.41, 5.74) is 0.0983. The van der Waals surface area contributed by atoms with Crippen LogP contribution in [0.15, 0.2) is 5.38 Å². The van der Waals surface area contributed by atoms with E-state index in [1.54, 1.807) is 11.3 Å². The van der Waals surface area contributed by atoms with Crippen molar-refractivity contribution >= 4 is 34.2 Å². The minimum atomic E-state index is -0.687. The second kappa shape index (κ2) is 7.49. The first kappa shape index (κ1) is 16.6. The van der Waals surface area contributed by atoms with Gasteiger partial charge < -0.3 is 10.1 Å². The molecular formula is C15H24N2O2S2. The SMILES string of the molecule is CCOC(=O)C(C)(C)c1csc(NCC2CCSCC2)n1. The fraction of sp³-hybridized carbons (Fsp3) is 0.733. The summed E-state index contributed by atoms with van der Waals surface area (Å²) in [6, 6.07) is 0. The van der Waals surface area contributed by atoms with Crippen molar-refractivity contribution in [2.24, 2.45) is 5.92 Å². The largest absolute Gasteiger partial charge is 0.465 e. The van der Waals surface area contributed by atoms with Crippen LogP contribution in [0.1, 0.15) is 39.3 Å². The van der Waals surface area contributed by atoms with Crippen LogP contribution in [0.3, 0.4) is 0 Å². The summed E-state index contributed by atoms with van der Waals surface area (Å²) in [6.07, 6.45) is 2.56. The quantitative estimate of drug-likeness (QED) is 0.810. The maximum atomic E-state index is 12.0. The Morgan fingerprint density at radius 2 is 2.19 bits per heavy atom. The highest BCUT2D eigenvalue weighted by Gasteiger charge is 2.34. The van der Waals surface area contributed by atoms with Crippen molar-refractivity contribution in [2.75, 3.05) is 30.0 Å². The predicted octanol–water partition coefficient (Wildman–Crippen LogP) is 3.54. The Balaban J connectivity index is 1.92. The third-order valence-electron chi connectivity index (χ3n) is 3.81. The normalized spacial score (nSPS) is 16.7. The highest BCUT2D eigenvalue weighted by Crippen LogP contribution is 2.29. The number of nitrogens with zero attached hydrogens (tertiary/aromatic N) is 1. The molecule has 1 aliphatic rings. The van der Waals surface area contributed by atoms with Crippen molar-refractivity contribution in [3.05, 3.63) is 11.1 Å². The molecule has 4 nitrogen and oxygen atoms in total. The maximum Gasteiger partial charge on any atom is 0.317 e. The lowest BCUT2D eigenvalue weighted by atomic mass is 9.90. The molecule has 0 spiro atoms. The lowest BCUT2D eigenvalue weighted by molar-refractivity contribution is -0.148. The number of nitrogens with one attached hydrogen (secondary N) is 1. The van der Waals surface area contributed by atoms with E-state index in [9.17, 15) is 4.79 Å². The van der Waals surface area contributed by atoms with Gasteiger partial charge in [-0.2, -0.15) is 11.8 Å². The smallest absolute Gasteiger partial charge is 0.317 e. The summed E-state index contributed by atoms with van der Waals surface area (Å²) in [4.78, 5) is 16.6. The lowest BCUT2D eigenvalue weighted by Crippen LogP contribution is -2.31. The molecule has 0 aromatic carbocycles. The summed E-state index contributed by atoms with van der Waals surface area (Å²) >= 11 is 3.61. The predicted molar refractivity (Wildman–Crippen MR) is 90.3 cm³/mol. The zero-order valence-corrected chi connectivity index (χ0v) is 14.6. The second-order valence-electron chi connectivity index (χ2n) is 5.82. The average Bonchev–Trinajstić information content (AvgIpc) is 2.96. The molecule has 1 aromatic rings. The summed E-state index contributed by atoms with van der Waals surface area (Å²) in [6.45, 7) is 6.93. The van der Waals surface area contributed by atoms with Crippen molar-refractivity contribution in [1.82, 2.24) is 4.98 Å². The van der Waals surface area contributed by atoms with E-state index >= 15 is 0 Å². The number of esters is 1. The van der Waals surface area contributed by atoms with E-state index in [0.29, 0.717) is 6.61 Å². The van der Waals surface area contributed by atoms with E-state index in [0.717, 1.165) is 23.3 Å². The van der Waals surface area contributed by atoms with Crippen LogP contribution >= 0.6 is 23.1 Å². The minimum Gasteiger partial charge on any atom is -0.465 e. The van der Waals surface area contributed by atoms with E-state index in [1.165, 1.54) is 24.3 Å². The number of carbonyl (C=O) groups is 1. The van der Waals surface area contributed by atoms with Gasteiger partial charge in [0.2, 0.25) is 0 Å². The number of anilines is 1. The Kier molecular flexibility index (Phi) is 5.93. The number of rotatable bonds is 6. The van der Waals surface area contributed by atoms with Crippen LogP contribution in [0.25, 0.3) is 0 Å². The molecule has 2 rings (SSSR count). The fourth-order valence-corrected chi connectivity index (χ4v) is 4.33. The van der Waals surface area contributed by atoms with Gasteiger partial charge in [0.15, 0.2) is 5.13 Å². The van der Waals surface area contributed by atoms with Crippen LogP contribution in [0.2, 0.25) is 0 Å². The Labute approximate surface area is 135 Å². The molecule has 0 saturated carbocycles. The van der Waals surface area contributed by atoms with Gasteiger partial charge in [-0.25, -0.2) is 4.98 Å². The number of hydrogen-bond acceptors (Lipinski definition) is 6. The topological polar surface area (TPSA) is 51.2 Å². The zero-order valence-electron chi connectivity index (χ0n) is 13.0. The zero-order chi connectivity index (χ0) is 15.3. The number of thioether (sulfide) groups is 1. The molecule has 1 fully saturated rings.